The number of alkyl halides is 2. The van der Waals surface area contributed by atoms with Crippen molar-refractivity contribution in [3.05, 3.63) is 93.7 Å². The van der Waals surface area contributed by atoms with Gasteiger partial charge in [-0.2, -0.15) is 5.26 Å². The first-order chi connectivity index (χ1) is 33.8. The first kappa shape index (κ1) is 54.0. The van der Waals surface area contributed by atoms with Crippen molar-refractivity contribution in [1.29, 1.82) is 5.26 Å². The molecule has 2 aliphatic heterocycles. The maximum Gasteiger partial charge on any atom is 0.261 e. The third kappa shape index (κ3) is 12.0. The van der Waals surface area contributed by atoms with Crippen molar-refractivity contribution in [1.82, 2.24) is 35.7 Å². The Kier molecular flexibility index (Phi) is 16.1. The summed E-state index contributed by atoms with van der Waals surface area (Å²) >= 11 is 7.79. The lowest BCUT2D eigenvalue weighted by atomic mass is 9.49. The van der Waals surface area contributed by atoms with Crippen LogP contribution in [0.25, 0.3) is 10.4 Å². The summed E-state index contributed by atoms with van der Waals surface area (Å²) in [5, 5.41) is 29.0. The van der Waals surface area contributed by atoms with Crippen LogP contribution in [0.15, 0.2) is 66.3 Å². The number of aromatic nitrogens is 2. The third-order valence-electron chi connectivity index (χ3n) is 14.4. The molecule has 72 heavy (non-hydrogen) atoms. The van der Waals surface area contributed by atoms with Crippen molar-refractivity contribution >= 4 is 52.4 Å². The first-order valence-corrected chi connectivity index (χ1v) is 25.6. The molecule has 1 saturated carbocycles. The number of aliphatic hydroxyl groups excluding tert-OH is 1. The predicted octanol–water partition coefficient (Wildman–Crippen LogP) is 7.56. The predicted molar refractivity (Wildman–Crippen MR) is 273 cm³/mol. The molecule has 2 aromatic heterocycles. The van der Waals surface area contributed by atoms with Crippen molar-refractivity contribution in [3.63, 3.8) is 0 Å². The van der Waals surface area contributed by atoms with Gasteiger partial charge in [-0.25, -0.2) is 18.7 Å². The van der Waals surface area contributed by atoms with Crippen LogP contribution in [0.2, 0.25) is 5.02 Å². The summed E-state index contributed by atoms with van der Waals surface area (Å²) in [6, 6.07) is 15.4. The van der Waals surface area contributed by atoms with Gasteiger partial charge in [0.05, 0.1) is 50.9 Å². The molecule has 0 spiro atoms. The summed E-state index contributed by atoms with van der Waals surface area (Å²) in [6.07, 6.45) is -0.968. The summed E-state index contributed by atoms with van der Waals surface area (Å²) in [4.78, 5) is 69.5. The van der Waals surface area contributed by atoms with Gasteiger partial charge in [0.25, 0.3) is 11.8 Å². The van der Waals surface area contributed by atoms with E-state index in [1.807, 2.05) is 76.8 Å². The van der Waals surface area contributed by atoms with Gasteiger partial charge in [0, 0.05) is 81.1 Å². The number of likely N-dealkylation sites (tertiary alicyclic amines) is 1. The molecule has 7 rings (SSSR count). The van der Waals surface area contributed by atoms with E-state index in [2.05, 4.69) is 25.9 Å². The molecular weight excluding hydrogens is 964 g/mol. The van der Waals surface area contributed by atoms with Crippen molar-refractivity contribution in [2.75, 3.05) is 44.2 Å². The fourth-order valence-electron chi connectivity index (χ4n) is 10.6. The Hall–Kier alpha value is -5.74. The summed E-state index contributed by atoms with van der Waals surface area (Å²) < 4.78 is 37.4. The summed E-state index contributed by atoms with van der Waals surface area (Å²) in [6.45, 7) is 17.9. The number of thiazole rings is 1. The van der Waals surface area contributed by atoms with E-state index in [1.54, 1.807) is 72.9 Å². The zero-order valence-electron chi connectivity index (χ0n) is 42.4. The highest BCUT2D eigenvalue weighted by Crippen LogP contribution is 2.55. The molecule has 4 aromatic rings. The number of hydrogen-bond donors (Lipinski definition) is 4. The van der Waals surface area contributed by atoms with Crippen molar-refractivity contribution < 1.29 is 37.8 Å². The molecule has 2 aromatic carbocycles. The number of halogens is 3. The molecule has 19 heteroatoms. The molecule has 3 fully saturated rings. The molecule has 2 unspecified atom stereocenters. The second-order valence-corrected chi connectivity index (χ2v) is 23.0. The number of carbonyl (C=O) groups excluding carboxylic acids is 4. The number of piperazine rings is 1. The number of ether oxygens (including phenoxy) is 1. The van der Waals surface area contributed by atoms with E-state index < -0.39 is 83.5 Å². The Morgan fingerprint density at radius 2 is 1.67 bits per heavy atom. The molecule has 0 bridgehead atoms. The van der Waals surface area contributed by atoms with Gasteiger partial charge in [0.15, 0.2) is 0 Å². The number of pyridine rings is 1. The van der Waals surface area contributed by atoms with Crippen LogP contribution in [-0.4, -0.2) is 124 Å². The van der Waals surface area contributed by atoms with Crippen LogP contribution in [0.4, 0.5) is 14.6 Å². The third-order valence-corrected chi connectivity index (χ3v) is 15.7. The van der Waals surface area contributed by atoms with E-state index in [1.165, 1.54) is 11.1 Å². The van der Waals surface area contributed by atoms with Gasteiger partial charge in [-0.05, 0) is 54.7 Å². The molecular formula is C53H66ClF2N9O6S. The van der Waals surface area contributed by atoms with Gasteiger partial charge < -0.3 is 35.6 Å². The van der Waals surface area contributed by atoms with E-state index in [0.717, 1.165) is 21.7 Å². The van der Waals surface area contributed by atoms with Crippen LogP contribution in [0, 0.1) is 34.5 Å². The number of carbonyl (C=O) groups is 4. The van der Waals surface area contributed by atoms with Crippen molar-refractivity contribution in [3.8, 4) is 22.3 Å². The van der Waals surface area contributed by atoms with Crippen LogP contribution in [0.5, 0.6) is 5.75 Å². The smallest absolute Gasteiger partial charge is 0.261 e. The van der Waals surface area contributed by atoms with Gasteiger partial charge in [0.1, 0.15) is 35.8 Å². The Bertz CT molecular complexity index is 2650. The molecule has 1 aliphatic carbocycles. The van der Waals surface area contributed by atoms with E-state index in [-0.39, 0.29) is 31.0 Å². The first-order valence-electron chi connectivity index (χ1n) is 24.4. The topological polar surface area (TPSA) is 193 Å². The monoisotopic (exact) mass is 1030 g/mol. The van der Waals surface area contributed by atoms with E-state index in [4.69, 9.17) is 16.3 Å². The molecule has 0 radical (unpaired) electrons. The standard InChI is InChI=1S/C53H66ClF2N9O6S/c1-31(33-10-12-34(13-11-33)43-32(2)59-30-72-43)60-46(69)40-24-37(66)28-65(40)47(70)44(50(3,4)5)61-42(67)18-19-53(55,56)29-63-20-22-64(23-21-63)41-17-15-36(27-58-41)45(68)62-48-51(6,7)49(52(48,8)9)71-38-16-14-35(26-57)39(54)25-38/h10-17,25,27,30-31,37,40,44,48-49,66H,18-24,28-29H2,1-9H3,(H,60,69)(H,61,67)(H,62,68)/t31-,37+,40?,44?,48?,49?/m0/s1. The van der Waals surface area contributed by atoms with Gasteiger partial charge >= 0.3 is 0 Å². The number of nitrogens with one attached hydrogen (secondary N) is 3. The number of nitriles is 1. The molecule has 386 valence electrons. The Balaban J connectivity index is 0.862. The Labute approximate surface area is 429 Å². The van der Waals surface area contributed by atoms with E-state index >= 15 is 8.78 Å². The fourth-order valence-corrected chi connectivity index (χ4v) is 11.6. The maximum atomic E-state index is 15.5. The maximum absolute atomic E-state index is 15.5. The number of amides is 4. The lowest BCUT2D eigenvalue weighted by Crippen LogP contribution is -2.74. The molecule has 4 N–H and O–H groups in total. The minimum Gasteiger partial charge on any atom is -0.489 e. The highest BCUT2D eigenvalue weighted by molar-refractivity contribution is 7.13. The summed E-state index contributed by atoms with van der Waals surface area (Å²) in [5.74, 6) is -4.07. The Morgan fingerprint density at radius 1 is 0.986 bits per heavy atom. The summed E-state index contributed by atoms with van der Waals surface area (Å²) in [5.41, 5.74) is 3.57. The number of hydrogen-bond acceptors (Lipinski definition) is 12. The molecule has 3 aliphatic rings. The molecule has 15 nitrogen and oxygen atoms in total. The molecule has 4 atom stereocenters. The van der Waals surface area contributed by atoms with Crippen LogP contribution < -0.4 is 25.6 Å². The minimum absolute atomic E-state index is 0.0118. The van der Waals surface area contributed by atoms with Crippen LogP contribution in [-0.2, 0) is 14.4 Å². The van der Waals surface area contributed by atoms with Gasteiger partial charge in [0.2, 0.25) is 17.7 Å². The number of aryl methyl sites for hydroxylation is 1. The van der Waals surface area contributed by atoms with Crippen molar-refractivity contribution in [2.45, 2.75) is 124 Å². The minimum atomic E-state index is -3.21. The van der Waals surface area contributed by atoms with Crippen LogP contribution in [0.3, 0.4) is 0 Å². The average molecular weight is 1030 g/mol. The number of aliphatic hydroxyl groups is 1. The molecule has 4 heterocycles. The van der Waals surface area contributed by atoms with Gasteiger partial charge in [-0.15, -0.1) is 11.3 Å². The Morgan fingerprint density at radius 3 is 2.25 bits per heavy atom. The highest BCUT2D eigenvalue weighted by atomic mass is 35.5. The second kappa shape index (κ2) is 21.4. The number of rotatable bonds is 16. The van der Waals surface area contributed by atoms with Crippen molar-refractivity contribution in [2.24, 2.45) is 16.2 Å². The quantitative estimate of drug-likeness (QED) is 0.0866. The second-order valence-electron chi connectivity index (χ2n) is 21.7. The SMILES string of the molecule is Cc1ncsc1-c1ccc([C@H](C)NC(=O)C2C[C@@H](O)CN2C(=O)C(NC(=O)CCC(F)(F)CN2CCN(c3ccc(C(=O)NC4C(C)(C)C(Oc5ccc(C#N)c(Cl)c5)C4(C)C)cn3)CC2)C(C)(C)C)cc1. The van der Waals surface area contributed by atoms with E-state index in [9.17, 15) is 29.5 Å². The van der Waals surface area contributed by atoms with Crippen LogP contribution in [0.1, 0.15) is 108 Å². The normalized spacial score (nSPS) is 21.7. The lowest BCUT2D eigenvalue weighted by Gasteiger charge is -2.63. The van der Waals surface area contributed by atoms with Gasteiger partial charge in [-0.3, -0.25) is 24.1 Å². The highest BCUT2D eigenvalue weighted by Gasteiger charge is 2.64. The molecule has 2 saturated heterocycles. The van der Waals surface area contributed by atoms with Gasteiger partial charge in [-0.1, -0.05) is 84.3 Å². The summed E-state index contributed by atoms with van der Waals surface area (Å²) in [7, 11) is 0. The fraction of sp³-hybridized carbons (Fsp3) is 0.528. The number of nitrogens with zero attached hydrogens (tertiary/aromatic N) is 6. The molecule has 4 amide bonds. The zero-order valence-corrected chi connectivity index (χ0v) is 44.0. The lowest BCUT2D eigenvalue weighted by molar-refractivity contribution is -0.164. The zero-order chi connectivity index (χ0) is 52.5. The van der Waals surface area contributed by atoms with Crippen LogP contribution >= 0.6 is 22.9 Å². The number of benzene rings is 2. The average Bonchev–Trinajstić information content (AvgIpc) is 3.95. The number of β-amino-alcohol motifs (C(OH)–C–C–N with tert-alkyl or cyclic N) is 1. The van der Waals surface area contributed by atoms with E-state index in [0.29, 0.717) is 53.9 Å². The number of anilines is 1. The largest absolute Gasteiger partial charge is 0.489 e.